The molecule has 0 atom stereocenters. The Bertz CT molecular complexity index is 589. The van der Waals surface area contributed by atoms with Gasteiger partial charge in [0.15, 0.2) is 0 Å². The third kappa shape index (κ3) is 4.93. The summed E-state index contributed by atoms with van der Waals surface area (Å²) in [4.78, 5) is 2.11. The lowest BCUT2D eigenvalue weighted by Crippen LogP contribution is -2.17. The maximum absolute atomic E-state index is 5.99. The van der Waals surface area contributed by atoms with E-state index in [1.54, 1.807) is 7.11 Å². The quantitative estimate of drug-likeness (QED) is 0.573. The topological polar surface area (TPSA) is 21.7 Å². The van der Waals surface area contributed by atoms with Crippen LogP contribution in [0.25, 0.3) is 11.8 Å². The molecule has 2 aromatic rings. The molecule has 2 rings (SSSR count). The monoisotopic (exact) mass is 297 g/mol. The smallest absolute Gasteiger partial charge is 0.127 e. The van der Waals surface area contributed by atoms with Gasteiger partial charge in [-0.15, -0.1) is 0 Å². The Hall–Kier alpha value is -2.26. The molecule has 0 heterocycles. The van der Waals surface area contributed by atoms with Crippen molar-refractivity contribution in [2.45, 2.75) is 0 Å². The zero-order valence-electron chi connectivity index (χ0n) is 13.5. The average molecular weight is 297 g/mol. The van der Waals surface area contributed by atoms with E-state index in [4.69, 9.17) is 9.47 Å². The maximum atomic E-state index is 5.99. The third-order valence-electron chi connectivity index (χ3n) is 3.27. The Morgan fingerprint density at radius 2 is 1.68 bits per heavy atom. The summed E-state index contributed by atoms with van der Waals surface area (Å²) in [5, 5.41) is 0. The molecule has 0 radical (unpaired) electrons. The number of likely N-dealkylation sites (N-methyl/N-ethyl adjacent to an activating group) is 1. The van der Waals surface area contributed by atoms with Crippen molar-refractivity contribution in [2.75, 3.05) is 34.4 Å². The van der Waals surface area contributed by atoms with Crippen LogP contribution in [0.4, 0.5) is 0 Å². The van der Waals surface area contributed by atoms with Crippen molar-refractivity contribution >= 4 is 11.8 Å². The van der Waals surface area contributed by atoms with Crippen LogP contribution in [0.5, 0.6) is 5.75 Å². The van der Waals surface area contributed by atoms with E-state index in [-0.39, 0.29) is 0 Å². The van der Waals surface area contributed by atoms with Crippen molar-refractivity contribution in [3.63, 3.8) is 0 Å². The zero-order valence-corrected chi connectivity index (χ0v) is 13.5. The van der Waals surface area contributed by atoms with Crippen LogP contribution in [0.1, 0.15) is 11.1 Å². The van der Waals surface area contributed by atoms with Crippen molar-refractivity contribution < 1.29 is 9.47 Å². The van der Waals surface area contributed by atoms with E-state index in [0.29, 0.717) is 6.61 Å². The predicted molar refractivity (Wildman–Crippen MR) is 91.8 cm³/mol. The summed E-state index contributed by atoms with van der Waals surface area (Å²) >= 11 is 0. The van der Waals surface area contributed by atoms with Crippen molar-refractivity contribution in [3.05, 3.63) is 65.7 Å². The van der Waals surface area contributed by atoms with Gasteiger partial charge in [-0.25, -0.2) is 0 Å². The molecule has 0 aliphatic carbocycles. The lowest BCUT2D eigenvalue weighted by Gasteiger charge is -2.14. The fourth-order valence-corrected chi connectivity index (χ4v) is 2.00. The second-order valence-electron chi connectivity index (χ2n) is 5.30. The van der Waals surface area contributed by atoms with Crippen LogP contribution < -0.4 is 4.74 Å². The molecular weight excluding hydrogens is 274 g/mol. The molecule has 0 N–H and O–H groups in total. The van der Waals surface area contributed by atoms with Crippen LogP contribution in [-0.2, 0) is 4.74 Å². The average Bonchev–Trinajstić information content (AvgIpc) is 2.55. The van der Waals surface area contributed by atoms with Gasteiger partial charge in [0.2, 0.25) is 0 Å². The fraction of sp³-hybridized carbons (Fsp3) is 0.263. The first-order valence-electron chi connectivity index (χ1n) is 7.38. The molecule has 0 saturated carbocycles. The van der Waals surface area contributed by atoms with E-state index in [0.717, 1.165) is 29.2 Å². The number of methoxy groups -OCH3 is 1. The van der Waals surface area contributed by atoms with Crippen molar-refractivity contribution in [1.29, 1.82) is 0 Å². The molecule has 0 unspecified atom stereocenters. The summed E-state index contributed by atoms with van der Waals surface area (Å²) in [6.07, 6.45) is 2.06. The van der Waals surface area contributed by atoms with Gasteiger partial charge in [0.25, 0.3) is 0 Å². The highest BCUT2D eigenvalue weighted by Crippen LogP contribution is 2.21. The van der Waals surface area contributed by atoms with Crippen LogP contribution in [0, 0.1) is 0 Å². The van der Waals surface area contributed by atoms with E-state index in [1.165, 1.54) is 0 Å². The Balaban J connectivity index is 2.20. The Labute approximate surface area is 132 Å². The number of benzene rings is 2. The molecule has 0 aliphatic rings. The molecular formula is C19H23NO2. The van der Waals surface area contributed by atoms with Crippen molar-refractivity contribution in [1.82, 2.24) is 4.90 Å². The molecule has 0 amide bonds. The standard InChI is InChI=1S/C19H23NO2/c1-20(2)13-14-22-19(17-7-5-4-6-8-17)15-16-9-11-18(21-3)12-10-16/h4-12,15H,13-14H2,1-3H3/b19-15-. The Morgan fingerprint density at radius 1 is 1.00 bits per heavy atom. The highest BCUT2D eigenvalue weighted by atomic mass is 16.5. The molecule has 0 saturated heterocycles. The van der Waals surface area contributed by atoms with Gasteiger partial charge in [-0.1, -0.05) is 42.5 Å². The largest absolute Gasteiger partial charge is 0.497 e. The SMILES string of the molecule is COc1ccc(/C=C(\OCCN(C)C)c2ccccc2)cc1. The molecule has 22 heavy (non-hydrogen) atoms. The first-order valence-corrected chi connectivity index (χ1v) is 7.38. The molecule has 0 fully saturated rings. The minimum Gasteiger partial charge on any atom is -0.497 e. The minimum absolute atomic E-state index is 0.657. The Kier molecular flexibility index (Phi) is 6.04. The molecule has 0 aliphatic heterocycles. The highest BCUT2D eigenvalue weighted by Gasteiger charge is 2.04. The van der Waals surface area contributed by atoms with Crippen molar-refractivity contribution in [3.8, 4) is 5.75 Å². The lowest BCUT2D eigenvalue weighted by molar-refractivity contribution is 0.234. The number of rotatable bonds is 7. The van der Waals surface area contributed by atoms with E-state index < -0.39 is 0 Å². The van der Waals surface area contributed by atoms with Crippen LogP contribution >= 0.6 is 0 Å². The van der Waals surface area contributed by atoms with Gasteiger partial charge in [-0.2, -0.15) is 0 Å². The second-order valence-corrected chi connectivity index (χ2v) is 5.30. The molecule has 3 nitrogen and oxygen atoms in total. The normalized spacial score (nSPS) is 11.5. The Morgan fingerprint density at radius 3 is 2.27 bits per heavy atom. The summed E-state index contributed by atoms with van der Waals surface area (Å²) in [6, 6.07) is 18.1. The molecule has 116 valence electrons. The molecule has 3 heteroatoms. The first kappa shape index (κ1) is 16.1. The van der Waals surface area contributed by atoms with Crippen LogP contribution in [0.2, 0.25) is 0 Å². The molecule has 0 bridgehead atoms. The number of hydrogen-bond acceptors (Lipinski definition) is 3. The lowest BCUT2D eigenvalue weighted by atomic mass is 10.1. The minimum atomic E-state index is 0.657. The maximum Gasteiger partial charge on any atom is 0.127 e. The number of hydrogen-bond donors (Lipinski definition) is 0. The van der Waals surface area contributed by atoms with Gasteiger partial charge in [-0.05, 0) is 37.9 Å². The van der Waals surface area contributed by atoms with Crippen molar-refractivity contribution in [2.24, 2.45) is 0 Å². The summed E-state index contributed by atoms with van der Waals surface area (Å²) < 4.78 is 11.2. The second kappa shape index (κ2) is 8.25. The third-order valence-corrected chi connectivity index (χ3v) is 3.27. The van der Waals surface area contributed by atoms with E-state index in [2.05, 4.69) is 23.1 Å². The van der Waals surface area contributed by atoms with Gasteiger partial charge in [0.1, 0.15) is 18.1 Å². The summed E-state index contributed by atoms with van der Waals surface area (Å²) in [6.45, 7) is 1.54. The van der Waals surface area contributed by atoms with E-state index in [9.17, 15) is 0 Å². The van der Waals surface area contributed by atoms with Crippen LogP contribution in [0.15, 0.2) is 54.6 Å². The van der Waals surface area contributed by atoms with Gasteiger partial charge in [0, 0.05) is 12.1 Å². The van der Waals surface area contributed by atoms with E-state index >= 15 is 0 Å². The summed E-state index contributed by atoms with van der Waals surface area (Å²) in [5.41, 5.74) is 2.17. The fourth-order valence-electron chi connectivity index (χ4n) is 2.00. The molecule has 0 aromatic heterocycles. The predicted octanol–water partition coefficient (Wildman–Crippen LogP) is 3.77. The van der Waals surface area contributed by atoms with Gasteiger partial charge < -0.3 is 14.4 Å². The van der Waals surface area contributed by atoms with Gasteiger partial charge >= 0.3 is 0 Å². The zero-order chi connectivity index (χ0) is 15.8. The molecule has 0 spiro atoms. The summed E-state index contributed by atoms with van der Waals surface area (Å²) in [5.74, 6) is 1.74. The first-order chi connectivity index (χ1) is 10.7. The van der Waals surface area contributed by atoms with Crippen LogP contribution in [0.3, 0.4) is 0 Å². The molecule has 2 aromatic carbocycles. The number of nitrogens with zero attached hydrogens (tertiary/aromatic N) is 1. The summed E-state index contributed by atoms with van der Waals surface area (Å²) in [7, 11) is 5.75. The van der Waals surface area contributed by atoms with Gasteiger partial charge in [0.05, 0.1) is 7.11 Å². The number of ether oxygens (including phenoxy) is 2. The highest BCUT2D eigenvalue weighted by molar-refractivity contribution is 5.77. The van der Waals surface area contributed by atoms with E-state index in [1.807, 2.05) is 56.6 Å². The van der Waals surface area contributed by atoms with Gasteiger partial charge in [-0.3, -0.25) is 0 Å². The van der Waals surface area contributed by atoms with Crippen LogP contribution in [-0.4, -0.2) is 39.3 Å².